The number of hydrogen-bond donors (Lipinski definition) is 2. The fourth-order valence-corrected chi connectivity index (χ4v) is 1.55. The Balaban J connectivity index is 2.60. The zero-order valence-electron chi connectivity index (χ0n) is 9.24. The number of hydrogen-bond acceptors (Lipinski definition) is 2. The predicted molar refractivity (Wildman–Crippen MR) is 64.9 cm³/mol. The van der Waals surface area contributed by atoms with Crippen molar-refractivity contribution in [2.24, 2.45) is 0 Å². The third-order valence-corrected chi connectivity index (χ3v) is 2.54. The van der Waals surface area contributed by atoms with E-state index in [0.29, 0.717) is 18.0 Å². The average molecular weight is 242 g/mol. The second-order valence-corrected chi connectivity index (χ2v) is 4.11. The summed E-state index contributed by atoms with van der Waals surface area (Å²) in [6.07, 6.45) is 1.40. The molecule has 0 aliphatic heterocycles. The van der Waals surface area contributed by atoms with E-state index in [-0.39, 0.29) is 0 Å². The molecule has 16 heavy (non-hydrogen) atoms. The Bertz CT molecular complexity index is 337. The molecule has 1 rings (SSSR count). The van der Waals surface area contributed by atoms with Gasteiger partial charge in [0.05, 0.1) is 0 Å². The van der Waals surface area contributed by atoms with Crippen LogP contribution in [0, 0.1) is 0 Å². The Morgan fingerprint density at radius 1 is 1.44 bits per heavy atom. The summed E-state index contributed by atoms with van der Waals surface area (Å²) in [7, 11) is 0. The molecule has 4 heteroatoms. The Kier molecular flexibility index (Phi) is 5.29. The summed E-state index contributed by atoms with van der Waals surface area (Å²) in [5, 5.41) is 12.7. The molecule has 0 aliphatic rings. The van der Waals surface area contributed by atoms with Crippen molar-refractivity contribution in [3.05, 3.63) is 34.9 Å². The highest BCUT2D eigenvalue weighted by atomic mass is 35.5. The Morgan fingerprint density at radius 3 is 2.56 bits per heavy atom. The highest BCUT2D eigenvalue weighted by Crippen LogP contribution is 2.11. The predicted octanol–water partition coefficient (Wildman–Crippen LogP) is 2.34. The van der Waals surface area contributed by atoms with Gasteiger partial charge in [-0.25, -0.2) is 0 Å². The van der Waals surface area contributed by atoms with Crippen LogP contribution in [-0.2, 0) is 11.2 Å². The molecule has 0 saturated heterocycles. The molecule has 88 valence electrons. The minimum Gasteiger partial charge on any atom is -0.480 e. The number of aliphatic carboxylic acids is 1. The average Bonchev–Trinajstić information content (AvgIpc) is 2.26. The molecule has 3 nitrogen and oxygen atoms in total. The fourth-order valence-electron chi connectivity index (χ4n) is 1.42. The summed E-state index contributed by atoms with van der Waals surface area (Å²) < 4.78 is 0. The molecule has 1 aromatic carbocycles. The van der Waals surface area contributed by atoms with Crippen LogP contribution < -0.4 is 5.32 Å². The van der Waals surface area contributed by atoms with Crippen molar-refractivity contribution in [2.75, 3.05) is 6.54 Å². The lowest BCUT2D eigenvalue weighted by Gasteiger charge is -2.13. The monoisotopic (exact) mass is 241 g/mol. The van der Waals surface area contributed by atoms with Crippen LogP contribution in [0.2, 0.25) is 5.02 Å². The number of rotatable bonds is 6. The molecule has 0 radical (unpaired) electrons. The number of nitrogens with one attached hydrogen (secondary N) is 1. The Labute approximate surface area is 100 Å². The molecule has 1 atom stereocenters. The first-order chi connectivity index (χ1) is 7.63. The van der Waals surface area contributed by atoms with E-state index in [1.165, 1.54) is 0 Å². The Morgan fingerprint density at radius 2 is 2.06 bits per heavy atom. The van der Waals surface area contributed by atoms with E-state index in [0.717, 1.165) is 12.0 Å². The number of halogens is 1. The molecule has 0 saturated carbocycles. The molecule has 0 spiro atoms. The van der Waals surface area contributed by atoms with Gasteiger partial charge in [-0.3, -0.25) is 4.79 Å². The lowest BCUT2D eigenvalue weighted by Crippen LogP contribution is -2.38. The molecular formula is C12H16ClNO2. The second kappa shape index (κ2) is 6.51. The summed E-state index contributed by atoms with van der Waals surface area (Å²) in [6, 6.07) is 6.73. The first-order valence-electron chi connectivity index (χ1n) is 5.34. The van der Waals surface area contributed by atoms with E-state index in [1.54, 1.807) is 12.1 Å². The van der Waals surface area contributed by atoms with Crippen LogP contribution in [0.1, 0.15) is 18.9 Å². The van der Waals surface area contributed by atoms with Gasteiger partial charge in [0.25, 0.3) is 0 Å². The van der Waals surface area contributed by atoms with Gasteiger partial charge in [0, 0.05) is 5.02 Å². The van der Waals surface area contributed by atoms with E-state index in [2.05, 4.69) is 5.32 Å². The molecule has 1 aromatic rings. The van der Waals surface area contributed by atoms with Crippen molar-refractivity contribution in [3.8, 4) is 0 Å². The van der Waals surface area contributed by atoms with Crippen LogP contribution in [0.3, 0.4) is 0 Å². The molecule has 0 fully saturated rings. The molecule has 0 amide bonds. The van der Waals surface area contributed by atoms with Crippen LogP contribution in [-0.4, -0.2) is 23.7 Å². The third-order valence-electron chi connectivity index (χ3n) is 2.29. The normalized spacial score (nSPS) is 12.4. The maximum atomic E-state index is 11.0. The summed E-state index contributed by atoms with van der Waals surface area (Å²) in [5.74, 6) is -0.816. The molecule has 1 unspecified atom stereocenters. The lowest BCUT2D eigenvalue weighted by molar-refractivity contribution is -0.139. The molecular weight excluding hydrogens is 226 g/mol. The van der Waals surface area contributed by atoms with Gasteiger partial charge in [-0.2, -0.15) is 0 Å². The summed E-state index contributed by atoms with van der Waals surface area (Å²) in [4.78, 5) is 11.0. The lowest BCUT2D eigenvalue weighted by atomic mass is 10.1. The molecule has 0 heterocycles. The summed E-state index contributed by atoms with van der Waals surface area (Å²) in [5.41, 5.74) is 0.973. The van der Waals surface area contributed by atoms with Crippen molar-refractivity contribution >= 4 is 17.6 Å². The Hall–Kier alpha value is -1.06. The van der Waals surface area contributed by atoms with Gasteiger partial charge in [0.1, 0.15) is 6.04 Å². The van der Waals surface area contributed by atoms with Gasteiger partial charge >= 0.3 is 5.97 Å². The fraction of sp³-hybridized carbons (Fsp3) is 0.417. The SMILES string of the molecule is CCCNC(Cc1ccc(Cl)cc1)C(=O)O. The van der Waals surface area contributed by atoms with E-state index >= 15 is 0 Å². The van der Waals surface area contributed by atoms with Crippen LogP contribution in [0.4, 0.5) is 0 Å². The minimum atomic E-state index is -0.816. The zero-order chi connectivity index (χ0) is 12.0. The van der Waals surface area contributed by atoms with E-state index in [1.807, 2.05) is 19.1 Å². The molecule has 0 aliphatic carbocycles. The maximum absolute atomic E-state index is 11.0. The number of benzene rings is 1. The second-order valence-electron chi connectivity index (χ2n) is 3.68. The summed E-state index contributed by atoms with van der Waals surface area (Å²) in [6.45, 7) is 2.72. The first-order valence-corrected chi connectivity index (χ1v) is 5.72. The van der Waals surface area contributed by atoms with Crippen molar-refractivity contribution < 1.29 is 9.90 Å². The number of carboxylic acids is 1. The first kappa shape index (κ1) is 13.0. The van der Waals surface area contributed by atoms with Gasteiger partial charge < -0.3 is 10.4 Å². The van der Waals surface area contributed by atoms with Gasteiger partial charge in [0.2, 0.25) is 0 Å². The topological polar surface area (TPSA) is 49.3 Å². The highest BCUT2D eigenvalue weighted by Gasteiger charge is 2.16. The van der Waals surface area contributed by atoms with Crippen molar-refractivity contribution in [1.29, 1.82) is 0 Å². The number of carbonyl (C=O) groups is 1. The summed E-state index contributed by atoms with van der Waals surface area (Å²) >= 11 is 5.76. The van der Waals surface area contributed by atoms with Crippen LogP contribution in [0.15, 0.2) is 24.3 Å². The standard InChI is InChI=1S/C12H16ClNO2/c1-2-7-14-11(12(15)16)8-9-3-5-10(13)6-4-9/h3-6,11,14H,2,7-8H2,1H3,(H,15,16). The van der Waals surface area contributed by atoms with Gasteiger partial charge in [-0.1, -0.05) is 30.7 Å². The van der Waals surface area contributed by atoms with Crippen LogP contribution in [0.25, 0.3) is 0 Å². The molecule has 2 N–H and O–H groups in total. The van der Waals surface area contributed by atoms with Crippen LogP contribution >= 0.6 is 11.6 Å². The van der Waals surface area contributed by atoms with Gasteiger partial charge in [-0.15, -0.1) is 0 Å². The zero-order valence-corrected chi connectivity index (χ0v) is 10.00. The number of carboxylic acid groups (broad SMARTS) is 1. The minimum absolute atomic E-state index is 0.479. The van der Waals surface area contributed by atoms with Gasteiger partial charge in [-0.05, 0) is 37.1 Å². The van der Waals surface area contributed by atoms with E-state index in [4.69, 9.17) is 16.7 Å². The molecule has 0 bridgehead atoms. The van der Waals surface area contributed by atoms with E-state index < -0.39 is 12.0 Å². The van der Waals surface area contributed by atoms with Crippen molar-refractivity contribution in [3.63, 3.8) is 0 Å². The molecule has 0 aromatic heterocycles. The highest BCUT2D eigenvalue weighted by molar-refractivity contribution is 6.30. The largest absolute Gasteiger partial charge is 0.480 e. The third kappa shape index (κ3) is 4.21. The van der Waals surface area contributed by atoms with Gasteiger partial charge in [0.15, 0.2) is 0 Å². The maximum Gasteiger partial charge on any atom is 0.321 e. The van der Waals surface area contributed by atoms with E-state index in [9.17, 15) is 4.79 Å². The smallest absolute Gasteiger partial charge is 0.321 e. The van der Waals surface area contributed by atoms with Crippen LogP contribution in [0.5, 0.6) is 0 Å². The quantitative estimate of drug-likeness (QED) is 0.804. The van der Waals surface area contributed by atoms with Crippen molar-refractivity contribution in [2.45, 2.75) is 25.8 Å². The van der Waals surface area contributed by atoms with Crippen molar-refractivity contribution in [1.82, 2.24) is 5.32 Å².